The summed E-state index contributed by atoms with van der Waals surface area (Å²) in [6.45, 7) is 8.43. The molecule has 74 valence electrons. The molecule has 1 unspecified atom stereocenters. The van der Waals surface area contributed by atoms with Gasteiger partial charge in [-0.25, -0.2) is 0 Å². The van der Waals surface area contributed by atoms with E-state index in [2.05, 4.69) is 27.7 Å². The van der Waals surface area contributed by atoms with E-state index in [1.54, 1.807) is 0 Å². The van der Waals surface area contributed by atoms with Crippen molar-refractivity contribution in [1.29, 1.82) is 0 Å². The third kappa shape index (κ3) is 2.25. The maximum absolute atomic E-state index is 6.12. The molecule has 0 amide bonds. The second-order valence-corrected chi connectivity index (χ2v) is 20.8. The second kappa shape index (κ2) is 4.01. The van der Waals surface area contributed by atoms with Gasteiger partial charge >= 0.3 is 95.8 Å². The van der Waals surface area contributed by atoms with Gasteiger partial charge in [0.05, 0.1) is 0 Å². The van der Waals surface area contributed by atoms with Gasteiger partial charge in [0, 0.05) is 0 Å². The van der Waals surface area contributed by atoms with Crippen LogP contribution in [0.25, 0.3) is 0 Å². The SMILES string of the molecule is CC1=C(C)C(C)[C]([Zr]([Cl])([Cl])[Cl])=C1C. The van der Waals surface area contributed by atoms with Crippen LogP contribution in [0.4, 0.5) is 0 Å². The molecule has 0 nitrogen and oxygen atoms in total. The van der Waals surface area contributed by atoms with Gasteiger partial charge in [-0.05, 0) is 0 Å². The molecular weight excluding hydrogens is 306 g/mol. The van der Waals surface area contributed by atoms with E-state index in [1.165, 1.54) is 16.7 Å². The van der Waals surface area contributed by atoms with Crippen molar-refractivity contribution < 1.29 is 16.7 Å². The van der Waals surface area contributed by atoms with Crippen LogP contribution in [-0.4, -0.2) is 0 Å². The summed E-state index contributed by atoms with van der Waals surface area (Å²) in [6, 6.07) is 0. The number of halogens is 3. The summed E-state index contributed by atoms with van der Waals surface area (Å²) in [5, 5.41) is 0. The predicted octanol–water partition coefficient (Wildman–Crippen LogP) is 4.86. The van der Waals surface area contributed by atoms with Crippen LogP contribution in [0.15, 0.2) is 20.0 Å². The molecule has 4 heteroatoms. The summed E-state index contributed by atoms with van der Waals surface area (Å²) in [5.41, 5.74) is 3.89. The van der Waals surface area contributed by atoms with Crippen LogP contribution in [0.5, 0.6) is 0 Å². The molecule has 0 aromatic rings. The Bertz CT molecular complexity index is 296. The summed E-state index contributed by atoms with van der Waals surface area (Å²) in [4.78, 5) is 0. The molecule has 0 radical (unpaired) electrons. The van der Waals surface area contributed by atoms with Gasteiger partial charge in [0.15, 0.2) is 0 Å². The summed E-state index contributed by atoms with van der Waals surface area (Å²) in [6.07, 6.45) is 0. The standard InChI is InChI=1S/C9H13.3ClH.Zr/c1-6-5-7(2)9(4)8(6)3;;;;/h6H,1-4H3;3*1H;/q;;;;+3/p-3. The Labute approximate surface area is 95.0 Å². The van der Waals surface area contributed by atoms with Crippen LogP contribution in [0.3, 0.4) is 0 Å². The van der Waals surface area contributed by atoms with Crippen molar-refractivity contribution in [2.75, 3.05) is 0 Å². The van der Waals surface area contributed by atoms with E-state index in [-0.39, 0.29) is 0 Å². The Morgan fingerprint density at radius 3 is 1.62 bits per heavy atom. The van der Waals surface area contributed by atoms with Gasteiger partial charge in [0.1, 0.15) is 0 Å². The average molecular weight is 319 g/mol. The summed E-state index contributed by atoms with van der Waals surface area (Å²) in [5.74, 6) is 0.350. The summed E-state index contributed by atoms with van der Waals surface area (Å²) in [7, 11) is 18.3. The van der Waals surface area contributed by atoms with E-state index in [1.807, 2.05) is 0 Å². The van der Waals surface area contributed by atoms with Crippen LogP contribution >= 0.6 is 25.5 Å². The van der Waals surface area contributed by atoms with Gasteiger partial charge in [-0.2, -0.15) is 0 Å². The molecule has 0 heterocycles. The van der Waals surface area contributed by atoms with Gasteiger partial charge in [-0.1, -0.05) is 0 Å². The number of hydrogen-bond acceptors (Lipinski definition) is 0. The van der Waals surface area contributed by atoms with Crippen molar-refractivity contribution in [2.24, 2.45) is 5.92 Å². The van der Waals surface area contributed by atoms with Crippen molar-refractivity contribution in [3.63, 3.8) is 0 Å². The van der Waals surface area contributed by atoms with Gasteiger partial charge in [-0.3, -0.25) is 0 Å². The molecule has 1 atom stereocenters. The molecule has 0 saturated carbocycles. The fraction of sp³-hybridized carbons (Fsp3) is 0.556. The van der Waals surface area contributed by atoms with Gasteiger partial charge in [0.2, 0.25) is 0 Å². The molecule has 0 fully saturated rings. The first-order valence-corrected chi connectivity index (χ1v) is 14.9. The zero-order valence-electron chi connectivity index (χ0n) is 8.21. The van der Waals surface area contributed by atoms with Gasteiger partial charge in [-0.15, -0.1) is 0 Å². The molecule has 1 rings (SSSR count). The van der Waals surface area contributed by atoms with E-state index in [0.29, 0.717) is 5.92 Å². The molecule has 0 aromatic carbocycles. The fourth-order valence-electron chi connectivity index (χ4n) is 1.82. The first-order chi connectivity index (χ1) is 5.76. The van der Waals surface area contributed by atoms with Crippen LogP contribution in [-0.2, 0) is 16.7 Å². The molecule has 0 bridgehead atoms. The molecule has 0 saturated heterocycles. The quantitative estimate of drug-likeness (QED) is 0.647. The van der Waals surface area contributed by atoms with Gasteiger partial charge < -0.3 is 0 Å². The normalized spacial score (nSPS) is 24.7. The van der Waals surface area contributed by atoms with Crippen molar-refractivity contribution in [3.8, 4) is 0 Å². The molecular formula is C9H13Cl3Zr. The second-order valence-electron chi connectivity index (χ2n) is 3.57. The number of allylic oxidation sites excluding steroid dienone is 4. The first-order valence-electron chi connectivity index (χ1n) is 4.22. The van der Waals surface area contributed by atoms with Crippen LogP contribution in [0, 0.1) is 5.92 Å². The summed E-state index contributed by atoms with van der Waals surface area (Å²) >= 11 is -3.41. The molecule has 13 heavy (non-hydrogen) atoms. The monoisotopic (exact) mass is 316 g/mol. The average Bonchev–Trinajstić information content (AvgIpc) is 2.14. The van der Waals surface area contributed by atoms with Crippen LogP contribution in [0.1, 0.15) is 27.7 Å². The predicted molar refractivity (Wildman–Crippen MR) is 57.8 cm³/mol. The van der Waals surface area contributed by atoms with E-state index in [4.69, 9.17) is 25.5 Å². The van der Waals surface area contributed by atoms with E-state index >= 15 is 0 Å². The summed E-state index contributed by atoms with van der Waals surface area (Å²) < 4.78 is 1.13. The molecule has 0 aromatic heterocycles. The molecule has 1 aliphatic carbocycles. The van der Waals surface area contributed by atoms with Crippen LogP contribution < -0.4 is 0 Å². The van der Waals surface area contributed by atoms with Crippen molar-refractivity contribution in [1.82, 2.24) is 0 Å². The van der Waals surface area contributed by atoms with Crippen molar-refractivity contribution in [2.45, 2.75) is 27.7 Å². The zero-order valence-corrected chi connectivity index (χ0v) is 12.9. The minimum absolute atomic E-state index is 0.350. The topological polar surface area (TPSA) is 0 Å². The third-order valence-electron chi connectivity index (χ3n) is 2.95. The zero-order chi connectivity index (χ0) is 10.4. The maximum atomic E-state index is 6.12. The Morgan fingerprint density at radius 1 is 1.00 bits per heavy atom. The first kappa shape index (κ1) is 12.3. The van der Waals surface area contributed by atoms with Gasteiger partial charge in [0.25, 0.3) is 0 Å². The van der Waals surface area contributed by atoms with E-state index < -0.39 is 16.7 Å². The van der Waals surface area contributed by atoms with Crippen molar-refractivity contribution >= 4 is 25.5 Å². The van der Waals surface area contributed by atoms with Crippen molar-refractivity contribution in [3.05, 3.63) is 20.0 Å². The van der Waals surface area contributed by atoms with E-state index in [9.17, 15) is 0 Å². The molecule has 0 N–H and O–H groups in total. The Hall–Kier alpha value is 1.23. The molecule has 0 spiro atoms. The number of hydrogen-bond donors (Lipinski definition) is 0. The third-order valence-corrected chi connectivity index (χ3v) is 10.0. The Morgan fingerprint density at radius 2 is 1.46 bits per heavy atom. The minimum atomic E-state index is -3.41. The molecule has 1 aliphatic rings. The van der Waals surface area contributed by atoms with Crippen LogP contribution in [0.2, 0.25) is 0 Å². The number of rotatable bonds is 1. The molecule has 0 aliphatic heterocycles. The Balaban J connectivity index is 3.19. The van der Waals surface area contributed by atoms with E-state index in [0.717, 1.165) is 3.28 Å². The fourth-order valence-corrected chi connectivity index (χ4v) is 10.5. The Kier molecular flexibility index (Phi) is 3.79.